The summed E-state index contributed by atoms with van der Waals surface area (Å²) in [6.45, 7) is 2.50. The van der Waals surface area contributed by atoms with Crippen molar-refractivity contribution >= 4 is 40.6 Å². The van der Waals surface area contributed by atoms with E-state index < -0.39 is 17.1 Å². The van der Waals surface area contributed by atoms with Gasteiger partial charge < -0.3 is 9.72 Å². The van der Waals surface area contributed by atoms with Crippen LogP contribution in [-0.4, -0.2) is 22.0 Å². The summed E-state index contributed by atoms with van der Waals surface area (Å²) in [7, 11) is 0. The van der Waals surface area contributed by atoms with E-state index in [-0.39, 0.29) is 16.7 Å². The van der Waals surface area contributed by atoms with E-state index in [0.717, 1.165) is 27.3 Å². The second kappa shape index (κ2) is 9.11. The number of hydrogen-bond donors (Lipinski definition) is 1. The van der Waals surface area contributed by atoms with Crippen molar-refractivity contribution in [3.05, 3.63) is 110 Å². The van der Waals surface area contributed by atoms with E-state index in [4.69, 9.17) is 4.74 Å². The van der Waals surface area contributed by atoms with Crippen molar-refractivity contribution in [1.29, 1.82) is 0 Å². The molecule has 0 bridgehead atoms. The molecular weight excluding hydrogens is 492 g/mol. The van der Waals surface area contributed by atoms with Crippen molar-refractivity contribution in [2.45, 2.75) is 29.7 Å². The summed E-state index contributed by atoms with van der Waals surface area (Å²) in [4.78, 5) is 44.1. The van der Waals surface area contributed by atoms with E-state index >= 15 is 0 Å². The number of amides is 2. The van der Waals surface area contributed by atoms with Gasteiger partial charge in [-0.25, -0.2) is 4.90 Å². The highest BCUT2D eigenvalue weighted by atomic mass is 32.2. The van der Waals surface area contributed by atoms with Crippen molar-refractivity contribution in [3.63, 3.8) is 0 Å². The van der Waals surface area contributed by atoms with Crippen LogP contribution in [0.15, 0.2) is 88.7 Å². The minimum Gasteiger partial charge on any atom is -0.489 e. The maximum atomic E-state index is 13.7. The summed E-state index contributed by atoms with van der Waals surface area (Å²) in [5.74, 6) is -0.766. The van der Waals surface area contributed by atoms with Crippen molar-refractivity contribution in [1.82, 2.24) is 4.98 Å². The Kier molecular flexibility index (Phi) is 5.78. The summed E-state index contributed by atoms with van der Waals surface area (Å²) >= 11 is 2.40. The molecule has 0 saturated carbocycles. The fraction of sp³-hybridized carbons (Fsp3) is 0.179. The van der Waals surface area contributed by atoms with Crippen LogP contribution >= 0.6 is 23.1 Å². The SMILES string of the molecule is Cc1cccc(COc2ccc([C@@H]3c4sc(=O)[nH]c4S[C@H]4C(=O)N(c5ccccc5)C(=O)[C@@H]34)cc2)c1. The number of aryl methyl sites for hydroxylation is 1. The first-order chi connectivity index (χ1) is 17.5. The Bertz CT molecular complexity index is 1510. The average Bonchev–Trinajstić information content (AvgIpc) is 3.38. The monoisotopic (exact) mass is 514 g/mol. The van der Waals surface area contributed by atoms with Gasteiger partial charge in [0, 0.05) is 10.8 Å². The second-order valence-corrected chi connectivity index (χ2v) is 11.1. The van der Waals surface area contributed by atoms with Crippen molar-refractivity contribution in [2.75, 3.05) is 4.90 Å². The molecule has 1 saturated heterocycles. The van der Waals surface area contributed by atoms with Gasteiger partial charge in [0.15, 0.2) is 0 Å². The zero-order valence-corrected chi connectivity index (χ0v) is 21.0. The predicted molar refractivity (Wildman–Crippen MR) is 141 cm³/mol. The quantitative estimate of drug-likeness (QED) is 0.374. The number of carbonyl (C=O) groups excluding carboxylic acids is 2. The van der Waals surface area contributed by atoms with E-state index in [1.807, 2.05) is 67.6 Å². The number of H-pyrrole nitrogens is 1. The van der Waals surface area contributed by atoms with Crippen molar-refractivity contribution in [3.8, 4) is 5.75 Å². The molecule has 1 aromatic heterocycles. The number of thiazole rings is 1. The van der Waals surface area contributed by atoms with E-state index in [9.17, 15) is 14.4 Å². The van der Waals surface area contributed by atoms with E-state index in [2.05, 4.69) is 11.1 Å². The number of ether oxygens (including phenoxy) is 1. The van der Waals surface area contributed by atoms with Gasteiger partial charge in [-0.15, -0.1) is 0 Å². The molecule has 3 heterocycles. The third-order valence-corrected chi connectivity index (χ3v) is 8.97. The molecule has 2 aliphatic heterocycles. The van der Waals surface area contributed by atoms with Crippen molar-refractivity contribution < 1.29 is 14.3 Å². The molecule has 36 heavy (non-hydrogen) atoms. The molecule has 2 aliphatic rings. The Labute approximate surface area is 215 Å². The maximum Gasteiger partial charge on any atom is 0.305 e. The highest BCUT2D eigenvalue weighted by Crippen LogP contribution is 2.53. The molecule has 180 valence electrons. The smallest absolute Gasteiger partial charge is 0.305 e. The van der Waals surface area contributed by atoms with Crippen LogP contribution in [0.2, 0.25) is 0 Å². The Hall–Kier alpha value is -3.62. The highest BCUT2D eigenvalue weighted by molar-refractivity contribution is 8.00. The van der Waals surface area contributed by atoms with Crippen LogP contribution in [0.1, 0.15) is 27.5 Å². The van der Waals surface area contributed by atoms with Crippen LogP contribution in [-0.2, 0) is 16.2 Å². The van der Waals surface area contributed by atoms with E-state index in [1.165, 1.54) is 22.2 Å². The molecule has 3 aromatic carbocycles. The number of fused-ring (bicyclic) bond motifs is 2. The molecule has 2 amide bonds. The van der Waals surface area contributed by atoms with E-state index in [1.54, 1.807) is 12.1 Å². The van der Waals surface area contributed by atoms with Crippen LogP contribution in [0, 0.1) is 12.8 Å². The number of anilines is 1. The molecule has 4 aromatic rings. The first kappa shape index (κ1) is 22.8. The minimum atomic E-state index is -0.599. The Morgan fingerprint density at radius 2 is 1.69 bits per heavy atom. The number of imide groups is 1. The van der Waals surface area contributed by atoms with Gasteiger partial charge in [-0.2, -0.15) is 0 Å². The minimum absolute atomic E-state index is 0.185. The summed E-state index contributed by atoms with van der Waals surface area (Å²) in [5, 5.41) is 0.0739. The number of rotatable bonds is 5. The fourth-order valence-electron chi connectivity index (χ4n) is 4.95. The Morgan fingerprint density at radius 1 is 0.917 bits per heavy atom. The number of nitrogens with one attached hydrogen (secondary N) is 1. The third-order valence-electron chi connectivity index (χ3n) is 6.57. The van der Waals surface area contributed by atoms with Gasteiger partial charge in [0.1, 0.15) is 17.6 Å². The number of aromatic nitrogens is 1. The molecule has 0 radical (unpaired) electrons. The van der Waals surface area contributed by atoms with Gasteiger partial charge in [-0.3, -0.25) is 14.4 Å². The number of carbonyl (C=O) groups is 2. The van der Waals surface area contributed by atoms with Gasteiger partial charge in [-0.05, 0) is 42.3 Å². The lowest BCUT2D eigenvalue weighted by molar-refractivity contribution is -0.122. The molecule has 0 unspecified atom stereocenters. The fourth-order valence-corrected chi connectivity index (χ4v) is 7.46. The number of para-hydroxylation sites is 1. The first-order valence-electron chi connectivity index (χ1n) is 11.6. The number of thioether (sulfide) groups is 1. The number of benzene rings is 3. The Balaban J connectivity index is 1.33. The molecule has 1 fully saturated rings. The second-order valence-electron chi connectivity index (χ2n) is 8.94. The number of nitrogens with zero attached hydrogens (tertiary/aromatic N) is 1. The van der Waals surface area contributed by atoms with Gasteiger partial charge in [0.05, 0.1) is 16.6 Å². The molecule has 0 spiro atoms. The summed E-state index contributed by atoms with van der Waals surface area (Å²) in [6.07, 6.45) is 0. The maximum absolute atomic E-state index is 13.7. The van der Waals surface area contributed by atoms with Crippen LogP contribution in [0.25, 0.3) is 0 Å². The van der Waals surface area contributed by atoms with Crippen LogP contribution in [0.4, 0.5) is 5.69 Å². The van der Waals surface area contributed by atoms with Gasteiger partial charge in [-0.1, -0.05) is 83.3 Å². The summed E-state index contributed by atoms with van der Waals surface area (Å²) in [5.41, 5.74) is 3.71. The average molecular weight is 515 g/mol. The summed E-state index contributed by atoms with van der Waals surface area (Å²) in [6, 6.07) is 24.8. The molecule has 0 aliphatic carbocycles. The zero-order valence-electron chi connectivity index (χ0n) is 19.3. The molecule has 6 rings (SSSR count). The van der Waals surface area contributed by atoms with Crippen LogP contribution < -0.4 is 14.5 Å². The number of hydrogen-bond acceptors (Lipinski definition) is 6. The van der Waals surface area contributed by atoms with Crippen LogP contribution in [0.5, 0.6) is 5.75 Å². The van der Waals surface area contributed by atoms with Crippen molar-refractivity contribution in [2.24, 2.45) is 5.92 Å². The lowest BCUT2D eigenvalue weighted by Crippen LogP contribution is -2.32. The molecular formula is C28H22N2O4S2. The lowest BCUT2D eigenvalue weighted by Gasteiger charge is -2.29. The van der Waals surface area contributed by atoms with Gasteiger partial charge in [0.25, 0.3) is 0 Å². The highest BCUT2D eigenvalue weighted by Gasteiger charge is 2.56. The molecule has 1 N–H and O–H groups in total. The lowest BCUT2D eigenvalue weighted by atomic mass is 9.83. The molecule has 8 heteroatoms. The topological polar surface area (TPSA) is 79.5 Å². The molecule has 6 nitrogen and oxygen atoms in total. The zero-order chi connectivity index (χ0) is 24.8. The van der Waals surface area contributed by atoms with Crippen LogP contribution in [0.3, 0.4) is 0 Å². The Morgan fingerprint density at radius 3 is 2.44 bits per heavy atom. The van der Waals surface area contributed by atoms with E-state index in [0.29, 0.717) is 23.1 Å². The molecule has 3 atom stereocenters. The summed E-state index contributed by atoms with van der Waals surface area (Å²) < 4.78 is 5.98. The third kappa shape index (κ3) is 3.96. The normalized spacial score (nSPS) is 20.8. The predicted octanol–water partition coefficient (Wildman–Crippen LogP) is 5.12. The standard InChI is InChI=1S/C28H22N2O4S2/c1-16-6-5-7-17(14-16)15-34-20-12-10-18(11-13-20)21-22-24(35-25-23(21)36-28(33)29-25)27(32)30(26(22)31)19-8-3-2-4-9-19/h2-14,21-22,24H,15H2,1H3,(H,29,33)/t21-,22-,24+/m0/s1. The number of aromatic amines is 1. The first-order valence-corrected chi connectivity index (χ1v) is 13.3. The van der Waals surface area contributed by atoms with Gasteiger partial charge in [0.2, 0.25) is 11.8 Å². The van der Waals surface area contributed by atoms with Gasteiger partial charge >= 0.3 is 4.87 Å². The largest absolute Gasteiger partial charge is 0.489 e.